The Kier molecular flexibility index (Phi) is 12.3. The van der Waals surface area contributed by atoms with Gasteiger partial charge in [0.1, 0.15) is 11.5 Å². The molecule has 3 rings (SSSR count). The van der Waals surface area contributed by atoms with E-state index in [1.807, 2.05) is 12.1 Å². The topological polar surface area (TPSA) is 54.0 Å². The van der Waals surface area contributed by atoms with Crippen LogP contribution in [0.3, 0.4) is 0 Å². The third kappa shape index (κ3) is 9.59. The minimum atomic E-state index is -0.394. The molecule has 198 valence electrons. The summed E-state index contributed by atoms with van der Waals surface area (Å²) in [6.45, 7) is 8.68. The van der Waals surface area contributed by atoms with Crippen LogP contribution in [-0.4, -0.2) is 25.8 Å². The van der Waals surface area contributed by atoms with Crippen LogP contribution in [0.15, 0.2) is 48.5 Å². The van der Waals surface area contributed by atoms with E-state index in [0.29, 0.717) is 29.8 Å². The summed E-state index contributed by atoms with van der Waals surface area (Å²) in [5, 5.41) is 0. The Morgan fingerprint density at radius 3 is 2.11 bits per heavy atom. The molecule has 1 heterocycles. The van der Waals surface area contributed by atoms with Crippen LogP contribution in [0.25, 0.3) is 0 Å². The number of carbonyl (C=O) groups is 1. The van der Waals surface area contributed by atoms with Gasteiger partial charge in [0, 0.05) is 11.5 Å². The molecule has 0 spiro atoms. The van der Waals surface area contributed by atoms with E-state index in [2.05, 4.69) is 20.8 Å². The lowest BCUT2D eigenvalue weighted by atomic mass is 10.0. The minimum Gasteiger partial charge on any atom is -0.493 e. The Morgan fingerprint density at radius 1 is 0.861 bits per heavy atom. The number of hydrogen-bond donors (Lipinski definition) is 0. The van der Waals surface area contributed by atoms with Crippen molar-refractivity contribution in [2.45, 2.75) is 84.8 Å². The number of carbonyl (C=O) groups excluding carboxylic acids is 1. The first kappa shape index (κ1) is 28.2. The molecule has 2 aromatic carbocycles. The lowest BCUT2D eigenvalue weighted by Gasteiger charge is -2.29. The van der Waals surface area contributed by atoms with Gasteiger partial charge < -0.3 is 18.9 Å². The predicted molar refractivity (Wildman–Crippen MR) is 144 cm³/mol. The summed E-state index contributed by atoms with van der Waals surface area (Å²) in [4.78, 5) is 12.5. The van der Waals surface area contributed by atoms with E-state index in [1.54, 1.807) is 36.4 Å². The highest BCUT2D eigenvalue weighted by Crippen LogP contribution is 2.29. The molecule has 1 atom stereocenters. The molecule has 0 aliphatic carbocycles. The van der Waals surface area contributed by atoms with Crippen LogP contribution < -0.4 is 9.47 Å². The van der Waals surface area contributed by atoms with Gasteiger partial charge in [0.25, 0.3) is 0 Å². The van der Waals surface area contributed by atoms with E-state index in [9.17, 15) is 4.79 Å². The van der Waals surface area contributed by atoms with Crippen molar-refractivity contribution < 1.29 is 23.7 Å². The molecule has 5 heteroatoms. The van der Waals surface area contributed by atoms with Crippen molar-refractivity contribution in [1.29, 1.82) is 0 Å². The number of unbranched alkanes of at least 4 members (excludes halogenated alkanes) is 6. The van der Waals surface area contributed by atoms with Crippen LogP contribution in [-0.2, 0) is 9.47 Å². The zero-order valence-corrected chi connectivity index (χ0v) is 22.4. The first-order valence-corrected chi connectivity index (χ1v) is 13.9. The van der Waals surface area contributed by atoms with Crippen molar-refractivity contribution in [3.05, 3.63) is 59.7 Å². The average Bonchev–Trinajstić information content (AvgIpc) is 2.92. The van der Waals surface area contributed by atoms with E-state index < -0.39 is 5.97 Å². The van der Waals surface area contributed by atoms with E-state index in [0.717, 1.165) is 30.9 Å². The molecule has 1 aliphatic heterocycles. The number of esters is 1. The molecular formula is C31H44O5. The summed E-state index contributed by atoms with van der Waals surface area (Å²) in [7, 11) is 0. The number of rotatable bonds is 15. The first-order chi connectivity index (χ1) is 17.6. The van der Waals surface area contributed by atoms with Gasteiger partial charge in [-0.2, -0.15) is 0 Å². The van der Waals surface area contributed by atoms with E-state index in [1.165, 1.54) is 51.4 Å². The summed E-state index contributed by atoms with van der Waals surface area (Å²) < 4.78 is 23.3. The molecule has 2 aromatic rings. The van der Waals surface area contributed by atoms with Gasteiger partial charge in [-0.15, -0.1) is 0 Å². The number of benzene rings is 2. The maximum Gasteiger partial charge on any atom is 0.343 e. The Bertz CT molecular complexity index is 869. The summed E-state index contributed by atoms with van der Waals surface area (Å²) in [6.07, 6.45) is 11.2. The molecule has 0 amide bonds. The van der Waals surface area contributed by atoms with Crippen LogP contribution in [0.5, 0.6) is 11.5 Å². The lowest BCUT2D eigenvalue weighted by molar-refractivity contribution is -0.206. The minimum absolute atomic E-state index is 0.358. The lowest BCUT2D eigenvalue weighted by Crippen LogP contribution is -2.27. The Hall–Kier alpha value is -2.37. The molecule has 36 heavy (non-hydrogen) atoms. The molecule has 1 aliphatic rings. The van der Waals surface area contributed by atoms with Crippen molar-refractivity contribution >= 4 is 5.97 Å². The fourth-order valence-corrected chi connectivity index (χ4v) is 4.19. The first-order valence-electron chi connectivity index (χ1n) is 13.9. The Labute approximate surface area is 217 Å². The van der Waals surface area contributed by atoms with Gasteiger partial charge >= 0.3 is 5.97 Å². The normalized spacial score (nSPS) is 18.5. The van der Waals surface area contributed by atoms with Crippen LogP contribution in [0.1, 0.15) is 101 Å². The van der Waals surface area contributed by atoms with Gasteiger partial charge in [-0.05, 0) is 48.7 Å². The predicted octanol–water partition coefficient (Wildman–Crippen LogP) is 8.13. The third-order valence-corrected chi connectivity index (χ3v) is 6.87. The van der Waals surface area contributed by atoms with Crippen LogP contribution >= 0.6 is 0 Å². The molecule has 0 aromatic heterocycles. The SMILES string of the molecule is CCCCCCCCCC1COC(c2ccc(OC(=O)c3ccc(OCC(C)CC)cc3)cc2)OC1. The van der Waals surface area contributed by atoms with E-state index >= 15 is 0 Å². The fourth-order valence-electron chi connectivity index (χ4n) is 4.19. The molecule has 1 fully saturated rings. The maximum absolute atomic E-state index is 12.5. The highest BCUT2D eigenvalue weighted by Gasteiger charge is 2.23. The van der Waals surface area contributed by atoms with Gasteiger partial charge in [-0.3, -0.25) is 0 Å². The van der Waals surface area contributed by atoms with Gasteiger partial charge in [-0.1, -0.05) is 84.3 Å². The second-order valence-electron chi connectivity index (χ2n) is 10.1. The van der Waals surface area contributed by atoms with Crippen LogP contribution in [0.4, 0.5) is 0 Å². The summed E-state index contributed by atoms with van der Waals surface area (Å²) in [6, 6.07) is 14.4. The van der Waals surface area contributed by atoms with Gasteiger partial charge in [0.05, 0.1) is 25.4 Å². The molecule has 0 radical (unpaired) electrons. The van der Waals surface area contributed by atoms with Crippen molar-refractivity contribution in [1.82, 2.24) is 0 Å². The third-order valence-electron chi connectivity index (χ3n) is 6.87. The second-order valence-corrected chi connectivity index (χ2v) is 10.1. The van der Waals surface area contributed by atoms with Gasteiger partial charge in [0.15, 0.2) is 6.29 Å². The largest absolute Gasteiger partial charge is 0.493 e. The van der Waals surface area contributed by atoms with Crippen molar-refractivity contribution in [3.8, 4) is 11.5 Å². The summed E-state index contributed by atoms with van der Waals surface area (Å²) in [5.74, 6) is 1.83. The maximum atomic E-state index is 12.5. The van der Waals surface area contributed by atoms with Gasteiger partial charge in [0.2, 0.25) is 0 Å². The molecular weight excluding hydrogens is 452 g/mol. The molecule has 0 saturated carbocycles. The van der Waals surface area contributed by atoms with Crippen LogP contribution in [0.2, 0.25) is 0 Å². The molecule has 5 nitrogen and oxygen atoms in total. The zero-order valence-electron chi connectivity index (χ0n) is 22.4. The smallest absolute Gasteiger partial charge is 0.343 e. The van der Waals surface area contributed by atoms with E-state index in [4.69, 9.17) is 18.9 Å². The standard InChI is InChI=1S/C31H44O5/c1-4-6-7-8-9-10-11-12-25-22-34-31(35-23-25)27-15-19-29(20-16-27)36-30(32)26-13-17-28(18-14-26)33-21-24(3)5-2/h13-20,24-25,31H,4-12,21-23H2,1-3H3. The monoisotopic (exact) mass is 496 g/mol. The van der Waals surface area contributed by atoms with Gasteiger partial charge in [-0.25, -0.2) is 4.79 Å². The average molecular weight is 497 g/mol. The number of hydrogen-bond acceptors (Lipinski definition) is 5. The zero-order chi connectivity index (χ0) is 25.6. The van der Waals surface area contributed by atoms with Crippen molar-refractivity contribution in [3.63, 3.8) is 0 Å². The molecule has 0 N–H and O–H groups in total. The fraction of sp³-hybridized carbons (Fsp3) is 0.581. The highest BCUT2D eigenvalue weighted by molar-refractivity contribution is 5.91. The van der Waals surface area contributed by atoms with Crippen molar-refractivity contribution in [2.75, 3.05) is 19.8 Å². The highest BCUT2D eigenvalue weighted by atomic mass is 16.7. The summed E-state index contributed by atoms with van der Waals surface area (Å²) >= 11 is 0. The van der Waals surface area contributed by atoms with E-state index in [-0.39, 0.29) is 6.29 Å². The molecule has 1 unspecified atom stereocenters. The Balaban J connectivity index is 1.37. The van der Waals surface area contributed by atoms with Crippen LogP contribution in [0, 0.1) is 11.8 Å². The Morgan fingerprint density at radius 2 is 1.47 bits per heavy atom. The van der Waals surface area contributed by atoms with Crippen molar-refractivity contribution in [2.24, 2.45) is 11.8 Å². The molecule has 0 bridgehead atoms. The quantitative estimate of drug-likeness (QED) is 0.141. The molecule has 1 saturated heterocycles. The summed E-state index contributed by atoms with van der Waals surface area (Å²) in [5.41, 5.74) is 1.42. The second kappa shape index (κ2) is 15.7. The number of ether oxygens (including phenoxy) is 4.